The summed E-state index contributed by atoms with van der Waals surface area (Å²) in [6.45, 7) is 8.79. The van der Waals surface area contributed by atoms with Gasteiger partial charge in [0.15, 0.2) is 0 Å². The van der Waals surface area contributed by atoms with E-state index in [-0.39, 0.29) is 13.2 Å². The Balaban J connectivity index is 1.32. The molecule has 0 aliphatic carbocycles. The molecule has 0 radical (unpaired) electrons. The third kappa shape index (κ3) is 12.7. The van der Waals surface area contributed by atoms with E-state index in [4.69, 9.17) is 44.8 Å². The Hall–Kier alpha value is -5.09. The minimum Gasteiger partial charge on any atom is -0.494 e. The molecule has 6 aromatic carbocycles. The van der Waals surface area contributed by atoms with Crippen molar-refractivity contribution in [3.63, 3.8) is 0 Å². The van der Waals surface area contributed by atoms with Crippen LogP contribution in [0.3, 0.4) is 0 Å². The molecule has 1 aliphatic heterocycles. The van der Waals surface area contributed by atoms with E-state index in [1.165, 1.54) is 0 Å². The monoisotopic (exact) mass is 838 g/mol. The molecule has 0 amide bonds. The van der Waals surface area contributed by atoms with E-state index < -0.39 is 30.5 Å². The second-order valence-corrected chi connectivity index (χ2v) is 15.5. The molecule has 0 bridgehead atoms. The predicted molar refractivity (Wildman–Crippen MR) is 240 cm³/mol. The summed E-state index contributed by atoms with van der Waals surface area (Å²) in [5, 5.41) is 0.635. The quantitative estimate of drug-likeness (QED) is 0.0498. The van der Waals surface area contributed by atoms with Crippen molar-refractivity contribution < 1.29 is 33.2 Å². The third-order valence-electron chi connectivity index (χ3n) is 10.6. The SMILES string of the molecule is C=CCOCc1cc(Cl)c(Cc2ccc(OCC)cc2)cc1C1OC(COCc2ccccc2)C(OCc2ccccc2)C(OCc2ccccc2)C1OCc1ccccc1. The van der Waals surface area contributed by atoms with Crippen LogP contribution < -0.4 is 4.74 Å². The van der Waals surface area contributed by atoms with E-state index in [1.54, 1.807) is 6.08 Å². The Morgan fingerprint density at radius 2 is 1.08 bits per heavy atom. The van der Waals surface area contributed by atoms with Gasteiger partial charge >= 0.3 is 0 Å². The van der Waals surface area contributed by atoms with Crippen LogP contribution in [-0.4, -0.2) is 44.2 Å². The number of benzene rings is 6. The van der Waals surface area contributed by atoms with Crippen molar-refractivity contribution in [2.24, 2.45) is 0 Å². The molecule has 5 unspecified atom stereocenters. The number of ether oxygens (including phenoxy) is 7. The normalized spacial score (nSPS) is 18.8. The Morgan fingerprint density at radius 1 is 0.557 bits per heavy atom. The third-order valence-corrected chi connectivity index (χ3v) is 11.0. The summed E-state index contributed by atoms with van der Waals surface area (Å²) in [7, 11) is 0. The van der Waals surface area contributed by atoms with Crippen LogP contribution in [0.15, 0.2) is 170 Å². The number of halogens is 1. The van der Waals surface area contributed by atoms with Gasteiger partial charge in [0.25, 0.3) is 0 Å². The van der Waals surface area contributed by atoms with E-state index in [1.807, 2.05) is 97.9 Å². The predicted octanol–water partition coefficient (Wildman–Crippen LogP) is 11.4. The first-order valence-corrected chi connectivity index (χ1v) is 21.4. The van der Waals surface area contributed by atoms with Crippen molar-refractivity contribution in [1.82, 2.24) is 0 Å². The molecular formula is C53H55ClO7. The molecular weight excluding hydrogens is 784 g/mol. The lowest BCUT2D eigenvalue weighted by Gasteiger charge is -2.47. The van der Waals surface area contributed by atoms with Crippen LogP contribution in [0.1, 0.15) is 57.5 Å². The Morgan fingerprint density at radius 3 is 1.62 bits per heavy atom. The molecule has 1 fully saturated rings. The zero-order valence-corrected chi connectivity index (χ0v) is 35.5. The van der Waals surface area contributed by atoms with E-state index in [2.05, 4.69) is 73.3 Å². The molecule has 1 heterocycles. The van der Waals surface area contributed by atoms with Crippen LogP contribution in [0.2, 0.25) is 5.02 Å². The van der Waals surface area contributed by atoms with Gasteiger partial charge in [-0.1, -0.05) is 157 Å². The highest BCUT2D eigenvalue weighted by Crippen LogP contribution is 2.41. The highest BCUT2D eigenvalue weighted by atomic mass is 35.5. The minimum absolute atomic E-state index is 0.246. The van der Waals surface area contributed by atoms with Crippen molar-refractivity contribution in [3.05, 3.63) is 220 Å². The van der Waals surface area contributed by atoms with E-state index >= 15 is 0 Å². The van der Waals surface area contributed by atoms with Crippen LogP contribution in [-0.2, 0) is 67.9 Å². The summed E-state index contributed by atoms with van der Waals surface area (Å²) in [5.74, 6) is 0.827. The molecule has 5 atom stereocenters. The molecule has 7 nitrogen and oxygen atoms in total. The Kier molecular flexibility index (Phi) is 16.7. The van der Waals surface area contributed by atoms with Crippen molar-refractivity contribution in [2.75, 3.05) is 19.8 Å². The summed E-state index contributed by atoms with van der Waals surface area (Å²) in [6, 6.07) is 53.0. The molecule has 316 valence electrons. The molecule has 61 heavy (non-hydrogen) atoms. The molecule has 0 aromatic heterocycles. The first kappa shape index (κ1) is 44.0. The van der Waals surface area contributed by atoms with Gasteiger partial charge in [-0.3, -0.25) is 0 Å². The highest BCUT2D eigenvalue weighted by Gasteiger charge is 2.49. The van der Waals surface area contributed by atoms with Crippen molar-refractivity contribution in [1.29, 1.82) is 0 Å². The second kappa shape index (κ2) is 23.2. The van der Waals surface area contributed by atoms with Gasteiger partial charge in [0.1, 0.15) is 36.3 Å². The maximum Gasteiger partial charge on any atom is 0.119 e. The summed E-state index contributed by atoms with van der Waals surface area (Å²) in [4.78, 5) is 0. The molecule has 7 rings (SSSR count). The van der Waals surface area contributed by atoms with Gasteiger partial charge in [0.05, 0.1) is 52.9 Å². The van der Waals surface area contributed by atoms with Gasteiger partial charge in [-0.25, -0.2) is 0 Å². The smallest absolute Gasteiger partial charge is 0.119 e. The zero-order valence-electron chi connectivity index (χ0n) is 34.8. The maximum absolute atomic E-state index is 7.34. The molecule has 0 N–H and O–H groups in total. The average Bonchev–Trinajstić information content (AvgIpc) is 3.30. The van der Waals surface area contributed by atoms with Crippen molar-refractivity contribution in [2.45, 2.75) is 76.9 Å². The van der Waals surface area contributed by atoms with Crippen molar-refractivity contribution in [3.8, 4) is 5.75 Å². The highest BCUT2D eigenvalue weighted by molar-refractivity contribution is 6.31. The van der Waals surface area contributed by atoms with Crippen LogP contribution >= 0.6 is 11.6 Å². The maximum atomic E-state index is 7.34. The van der Waals surface area contributed by atoms with E-state index in [0.717, 1.165) is 50.3 Å². The van der Waals surface area contributed by atoms with Gasteiger partial charge in [0.2, 0.25) is 0 Å². The fourth-order valence-electron chi connectivity index (χ4n) is 7.59. The average molecular weight is 839 g/mol. The number of hydrogen-bond donors (Lipinski definition) is 0. The molecule has 6 aromatic rings. The molecule has 1 aliphatic rings. The summed E-state index contributed by atoms with van der Waals surface area (Å²) in [6.07, 6.45) is -0.655. The molecule has 8 heteroatoms. The zero-order chi connectivity index (χ0) is 42.1. The molecule has 1 saturated heterocycles. The molecule has 0 saturated carbocycles. The van der Waals surface area contributed by atoms with Gasteiger partial charge in [-0.2, -0.15) is 0 Å². The standard InChI is InChI=1S/C53H55ClO7/c1-3-29-55-37-45-32-48(54)44(30-39-25-27-46(28-26-39)57-4-2)31-47(45)50-52(59-35-42-21-13-7-14-22-42)53(60-36-43-23-15-8-16-24-43)51(58-34-41-19-11-6-12-20-41)49(61-50)38-56-33-40-17-9-5-10-18-40/h3,5-28,31-32,49-53H,1,4,29-30,33-38H2,2H3. The largest absolute Gasteiger partial charge is 0.494 e. The van der Waals surface area contributed by atoms with Crippen LogP contribution in [0.4, 0.5) is 0 Å². The summed E-state index contributed by atoms with van der Waals surface area (Å²) < 4.78 is 46.8. The first-order valence-electron chi connectivity index (χ1n) is 21.0. The lowest BCUT2D eigenvalue weighted by molar-refractivity contribution is -0.275. The first-order chi connectivity index (χ1) is 30.1. The van der Waals surface area contributed by atoms with Crippen LogP contribution in [0, 0.1) is 0 Å². The fraction of sp³-hybridized carbons (Fsp3) is 0.283. The number of hydrogen-bond acceptors (Lipinski definition) is 7. The van der Waals surface area contributed by atoms with E-state index in [9.17, 15) is 0 Å². The van der Waals surface area contributed by atoms with Crippen LogP contribution in [0.5, 0.6) is 5.75 Å². The second-order valence-electron chi connectivity index (χ2n) is 15.1. The fourth-order valence-corrected chi connectivity index (χ4v) is 7.84. The van der Waals surface area contributed by atoms with Gasteiger partial charge in [-0.15, -0.1) is 6.58 Å². The molecule has 0 spiro atoms. The topological polar surface area (TPSA) is 64.6 Å². The summed E-state index contributed by atoms with van der Waals surface area (Å²) >= 11 is 7.15. The minimum atomic E-state index is -0.634. The van der Waals surface area contributed by atoms with Gasteiger partial charge in [0, 0.05) is 5.02 Å². The number of rotatable bonds is 22. The van der Waals surface area contributed by atoms with E-state index in [0.29, 0.717) is 51.1 Å². The summed E-state index contributed by atoms with van der Waals surface area (Å²) in [5.41, 5.74) is 7.99. The Labute approximate surface area is 365 Å². The van der Waals surface area contributed by atoms with Crippen LogP contribution in [0.25, 0.3) is 0 Å². The van der Waals surface area contributed by atoms with Gasteiger partial charge in [-0.05, 0) is 76.1 Å². The van der Waals surface area contributed by atoms with Gasteiger partial charge < -0.3 is 33.2 Å². The van der Waals surface area contributed by atoms with Crippen molar-refractivity contribution >= 4 is 11.6 Å². The Bertz CT molecular complexity index is 2190. The lowest BCUT2D eigenvalue weighted by atomic mass is 9.87. The lowest BCUT2D eigenvalue weighted by Crippen LogP contribution is -2.58.